The molecule has 0 heterocycles. The first kappa shape index (κ1) is 11.6. The highest BCUT2D eigenvalue weighted by Crippen LogP contribution is 2.17. The van der Waals surface area contributed by atoms with Crippen LogP contribution >= 0.6 is 11.8 Å². The van der Waals surface area contributed by atoms with Gasteiger partial charge in [0.1, 0.15) is 0 Å². The molecule has 0 atom stereocenters. The summed E-state index contributed by atoms with van der Waals surface area (Å²) in [6.07, 6.45) is 2.34. The van der Waals surface area contributed by atoms with Crippen molar-refractivity contribution in [3.8, 4) is 0 Å². The van der Waals surface area contributed by atoms with Crippen LogP contribution in [0.5, 0.6) is 0 Å². The van der Waals surface area contributed by atoms with E-state index < -0.39 is 0 Å². The highest BCUT2D eigenvalue weighted by Gasteiger charge is 1.92. The highest BCUT2D eigenvalue weighted by molar-refractivity contribution is 7.99. The first-order chi connectivity index (χ1) is 6.93. The molecule has 1 radical (unpaired) electrons. The number of rotatable bonds is 7. The lowest BCUT2D eigenvalue weighted by molar-refractivity contribution is 0.201. The van der Waals surface area contributed by atoms with Gasteiger partial charge in [0.05, 0.1) is 6.61 Å². The van der Waals surface area contributed by atoms with Crippen LogP contribution in [0.15, 0.2) is 35.2 Å². The molecule has 0 aliphatic carbocycles. The van der Waals surface area contributed by atoms with Crippen molar-refractivity contribution in [2.45, 2.75) is 24.7 Å². The lowest BCUT2D eigenvalue weighted by Gasteiger charge is -2.02. The largest absolute Gasteiger partial charge is 0.375 e. The minimum absolute atomic E-state index is 0.853. The average molecular weight is 209 g/mol. The van der Waals surface area contributed by atoms with E-state index in [1.54, 1.807) is 11.8 Å². The van der Waals surface area contributed by atoms with Crippen molar-refractivity contribution in [2.75, 3.05) is 12.4 Å². The summed E-state index contributed by atoms with van der Waals surface area (Å²) in [5, 5.41) is 0. The van der Waals surface area contributed by atoms with Crippen LogP contribution in [0.2, 0.25) is 0 Å². The summed E-state index contributed by atoms with van der Waals surface area (Å²) in [5.41, 5.74) is 0. The van der Waals surface area contributed by atoms with Crippen LogP contribution in [0, 0.1) is 6.61 Å². The highest BCUT2D eigenvalue weighted by atomic mass is 32.2. The Bertz CT molecular complexity index is 223. The van der Waals surface area contributed by atoms with E-state index in [2.05, 4.69) is 31.2 Å². The Labute approximate surface area is 90.9 Å². The van der Waals surface area contributed by atoms with Gasteiger partial charge in [-0.2, -0.15) is 0 Å². The Morgan fingerprint density at radius 2 is 2.07 bits per heavy atom. The van der Waals surface area contributed by atoms with Gasteiger partial charge < -0.3 is 4.74 Å². The van der Waals surface area contributed by atoms with Crippen molar-refractivity contribution in [3.63, 3.8) is 0 Å². The van der Waals surface area contributed by atoms with Crippen molar-refractivity contribution >= 4 is 11.8 Å². The maximum absolute atomic E-state index is 5.35. The van der Waals surface area contributed by atoms with Crippen LogP contribution < -0.4 is 0 Å². The molecule has 2 heteroatoms. The predicted octanol–water partition coefficient (Wildman–Crippen LogP) is 3.76. The zero-order chi connectivity index (χ0) is 10.1. The third-order valence-corrected chi connectivity index (χ3v) is 2.70. The van der Waals surface area contributed by atoms with Crippen molar-refractivity contribution in [3.05, 3.63) is 36.9 Å². The molecule has 1 aromatic carbocycles. The zero-order valence-corrected chi connectivity index (χ0v) is 9.43. The standard InChI is InChI=1S/C12H17OS/c1-2-3-9-13-10-11-14-12-7-5-4-6-8-12/h4-8,10H,2-3,9,11H2,1H3. The topological polar surface area (TPSA) is 9.23 Å². The van der Waals surface area contributed by atoms with Gasteiger partial charge in [0.15, 0.2) is 0 Å². The molecule has 0 aromatic heterocycles. The zero-order valence-electron chi connectivity index (χ0n) is 8.61. The molecule has 0 saturated carbocycles. The minimum Gasteiger partial charge on any atom is -0.375 e. The molecule has 0 N–H and O–H groups in total. The molecule has 0 spiro atoms. The Kier molecular flexibility index (Phi) is 6.54. The average Bonchev–Trinajstić information content (AvgIpc) is 2.25. The van der Waals surface area contributed by atoms with E-state index in [1.165, 1.54) is 11.3 Å². The van der Waals surface area contributed by atoms with Gasteiger partial charge in [-0.05, 0) is 18.6 Å². The second kappa shape index (κ2) is 7.89. The Morgan fingerprint density at radius 3 is 2.79 bits per heavy atom. The first-order valence-electron chi connectivity index (χ1n) is 5.04. The summed E-state index contributed by atoms with van der Waals surface area (Å²) in [6, 6.07) is 10.4. The molecule has 0 aliphatic rings. The number of ether oxygens (including phenoxy) is 1. The molecular formula is C12H17OS. The first-order valence-corrected chi connectivity index (χ1v) is 6.03. The Morgan fingerprint density at radius 1 is 1.29 bits per heavy atom. The molecule has 0 amide bonds. The molecule has 0 unspecified atom stereocenters. The molecule has 1 aromatic rings. The Hall–Kier alpha value is -0.470. The van der Waals surface area contributed by atoms with Crippen LogP contribution in [0.4, 0.5) is 0 Å². The normalized spacial score (nSPS) is 10.4. The van der Waals surface area contributed by atoms with Gasteiger partial charge in [0.2, 0.25) is 0 Å². The van der Waals surface area contributed by atoms with Crippen LogP contribution in [0.25, 0.3) is 0 Å². The summed E-state index contributed by atoms with van der Waals surface area (Å²) < 4.78 is 5.35. The molecule has 14 heavy (non-hydrogen) atoms. The SMILES string of the molecule is CCCCO[CH]CSc1ccccc1. The van der Waals surface area contributed by atoms with Crippen molar-refractivity contribution in [1.29, 1.82) is 0 Å². The van der Waals surface area contributed by atoms with Gasteiger partial charge in [0, 0.05) is 17.3 Å². The summed E-state index contributed by atoms with van der Waals surface area (Å²) in [5.74, 6) is 0.924. The third-order valence-electron chi connectivity index (χ3n) is 1.79. The van der Waals surface area contributed by atoms with E-state index in [0.29, 0.717) is 0 Å². The smallest absolute Gasteiger partial charge is 0.0938 e. The van der Waals surface area contributed by atoms with Gasteiger partial charge in [-0.1, -0.05) is 31.5 Å². The molecule has 1 nitrogen and oxygen atoms in total. The minimum atomic E-state index is 0.853. The van der Waals surface area contributed by atoms with Gasteiger partial charge in [-0.25, -0.2) is 0 Å². The number of hydrogen-bond donors (Lipinski definition) is 0. The summed E-state index contributed by atoms with van der Waals surface area (Å²) in [4.78, 5) is 1.29. The third kappa shape index (κ3) is 5.30. The number of thioether (sulfide) groups is 1. The fourth-order valence-electron chi connectivity index (χ4n) is 1.01. The van der Waals surface area contributed by atoms with Crippen LogP contribution in [0.1, 0.15) is 19.8 Å². The quantitative estimate of drug-likeness (QED) is 0.499. The molecule has 0 aliphatic heterocycles. The van der Waals surface area contributed by atoms with Crippen molar-refractivity contribution < 1.29 is 4.74 Å². The second-order valence-corrected chi connectivity index (χ2v) is 4.11. The number of benzene rings is 1. The summed E-state index contributed by atoms with van der Waals surface area (Å²) >= 11 is 1.80. The van der Waals surface area contributed by atoms with E-state index >= 15 is 0 Å². The fourth-order valence-corrected chi connectivity index (χ4v) is 1.71. The van der Waals surface area contributed by atoms with Crippen molar-refractivity contribution in [2.24, 2.45) is 0 Å². The summed E-state index contributed by atoms with van der Waals surface area (Å²) in [6.45, 7) is 4.92. The Balaban J connectivity index is 1.99. The molecule has 0 bridgehead atoms. The second-order valence-electron chi connectivity index (χ2n) is 3.02. The monoisotopic (exact) mass is 209 g/mol. The summed E-state index contributed by atoms with van der Waals surface area (Å²) in [7, 11) is 0. The number of hydrogen-bond acceptors (Lipinski definition) is 2. The van der Waals surface area contributed by atoms with Gasteiger partial charge in [-0.15, -0.1) is 11.8 Å². The van der Waals surface area contributed by atoms with E-state index in [0.717, 1.165) is 18.8 Å². The maximum atomic E-state index is 5.35. The van der Waals surface area contributed by atoms with E-state index in [4.69, 9.17) is 4.74 Å². The van der Waals surface area contributed by atoms with E-state index in [1.807, 2.05) is 12.7 Å². The number of unbranched alkanes of at least 4 members (excludes halogenated alkanes) is 1. The molecule has 1 rings (SSSR count). The predicted molar refractivity (Wildman–Crippen MR) is 62.3 cm³/mol. The van der Waals surface area contributed by atoms with Crippen LogP contribution in [0.3, 0.4) is 0 Å². The molecule has 0 saturated heterocycles. The van der Waals surface area contributed by atoms with Crippen LogP contribution in [-0.4, -0.2) is 12.4 Å². The lowest BCUT2D eigenvalue weighted by atomic mass is 10.4. The van der Waals surface area contributed by atoms with Gasteiger partial charge >= 0.3 is 0 Å². The van der Waals surface area contributed by atoms with Crippen LogP contribution in [-0.2, 0) is 4.74 Å². The van der Waals surface area contributed by atoms with E-state index in [9.17, 15) is 0 Å². The van der Waals surface area contributed by atoms with E-state index in [-0.39, 0.29) is 0 Å². The fraction of sp³-hybridized carbons (Fsp3) is 0.417. The lowest BCUT2D eigenvalue weighted by Crippen LogP contribution is -1.92. The van der Waals surface area contributed by atoms with Crippen molar-refractivity contribution in [1.82, 2.24) is 0 Å². The molecular weight excluding hydrogens is 192 g/mol. The molecule has 0 fully saturated rings. The van der Waals surface area contributed by atoms with Gasteiger partial charge in [0.25, 0.3) is 0 Å². The maximum Gasteiger partial charge on any atom is 0.0938 e. The molecule has 77 valence electrons. The van der Waals surface area contributed by atoms with Gasteiger partial charge in [-0.3, -0.25) is 0 Å².